The van der Waals surface area contributed by atoms with Crippen molar-refractivity contribution in [1.29, 1.82) is 0 Å². The number of nitrogens with zero attached hydrogens (tertiary/aromatic N) is 8. The summed E-state index contributed by atoms with van der Waals surface area (Å²) in [6.45, 7) is 10.8. The minimum absolute atomic E-state index is 0.0373. The Morgan fingerprint density at radius 1 is 0.554 bits per heavy atom. The minimum Gasteiger partial charge on any atom is -0.389 e. The highest BCUT2D eigenvalue weighted by Crippen LogP contribution is 2.41. The lowest BCUT2D eigenvalue weighted by molar-refractivity contribution is -0.138. The monoisotopic (exact) mass is 1100 g/mol. The van der Waals surface area contributed by atoms with E-state index in [4.69, 9.17) is 56.4 Å². The molecule has 0 radical (unpaired) electrons. The van der Waals surface area contributed by atoms with Crippen molar-refractivity contribution in [2.75, 3.05) is 58.9 Å². The lowest BCUT2D eigenvalue weighted by Gasteiger charge is -2.40. The Hall–Kier alpha value is -6.02. The molecule has 4 atom stereocenters. The molecule has 22 heteroatoms. The summed E-state index contributed by atoms with van der Waals surface area (Å²) in [6, 6.07) is 21.1. The van der Waals surface area contributed by atoms with Crippen LogP contribution >= 0.6 is 46.4 Å². The van der Waals surface area contributed by atoms with Gasteiger partial charge in [0.1, 0.15) is 11.6 Å². The quantitative estimate of drug-likeness (QED) is 0.109. The zero-order chi connectivity index (χ0) is 53.0. The van der Waals surface area contributed by atoms with E-state index >= 15 is 0 Å². The van der Waals surface area contributed by atoms with E-state index in [0.29, 0.717) is 138 Å². The molecule has 4 N–H and O–H groups in total. The van der Waals surface area contributed by atoms with Gasteiger partial charge in [-0.05, 0) is 99.5 Å². The number of aliphatic hydroxyl groups is 2. The minimum atomic E-state index is -4.50. The molecule has 0 spiro atoms. The molecule has 0 amide bonds. The molecule has 4 aromatic heterocycles. The van der Waals surface area contributed by atoms with Crippen LogP contribution in [0.4, 0.5) is 49.9 Å². The molecule has 12 nitrogen and oxygen atoms in total. The van der Waals surface area contributed by atoms with Gasteiger partial charge in [0, 0.05) is 96.0 Å². The number of nitrogens with one attached hydrogen (secondary N) is 2. The highest BCUT2D eigenvalue weighted by Gasteiger charge is 2.35. The Balaban J connectivity index is 0.000000182. The third-order valence-electron chi connectivity index (χ3n) is 13.2. The molecule has 0 aliphatic carbocycles. The van der Waals surface area contributed by atoms with Gasteiger partial charge in [0.05, 0.1) is 55.4 Å². The molecule has 2 aliphatic heterocycles. The zero-order valence-electron chi connectivity index (χ0n) is 40.0. The number of aromatic nitrogens is 6. The summed E-state index contributed by atoms with van der Waals surface area (Å²) in [7, 11) is 0. The second-order valence-electron chi connectivity index (χ2n) is 18.4. The van der Waals surface area contributed by atoms with E-state index in [1.54, 1.807) is 86.9 Å². The lowest BCUT2D eigenvalue weighted by atomic mass is 10.0. The third kappa shape index (κ3) is 11.2. The van der Waals surface area contributed by atoms with E-state index in [1.165, 1.54) is 0 Å². The number of benzene rings is 4. The maximum absolute atomic E-state index is 13.7. The smallest absolute Gasteiger partial charge is 0.389 e. The van der Waals surface area contributed by atoms with E-state index in [1.807, 2.05) is 23.6 Å². The van der Waals surface area contributed by atoms with E-state index in [9.17, 15) is 36.6 Å². The molecule has 2 aliphatic rings. The molecular formula is C52H48Cl4F6N10O2. The first-order valence-corrected chi connectivity index (χ1v) is 25.0. The number of fused-ring (bicyclic) bond motifs is 2. The van der Waals surface area contributed by atoms with Gasteiger partial charge in [-0.1, -0.05) is 70.7 Å². The van der Waals surface area contributed by atoms with Crippen LogP contribution in [0.25, 0.3) is 44.3 Å². The molecule has 0 saturated carbocycles. The normalized spacial score (nSPS) is 17.5. The Kier molecular flexibility index (Phi) is 15.0. The number of anilines is 4. The fraction of sp³-hybridized carbons (Fsp3) is 0.308. The third-order valence-corrected chi connectivity index (χ3v) is 14.2. The topological polar surface area (TPSA) is 137 Å². The number of halogens is 10. The molecule has 4 aromatic carbocycles. The van der Waals surface area contributed by atoms with Crippen LogP contribution < -0.4 is 19.6 Å². The van der Waals surface area contributed by atoms with Gasteiger partial charge < -0.3 is 39.8 Å². The van der Waals surface area contributed by atoms with Gasteiger partial charge in [-0.3, -0.25) is 0 Å². The van der Waals surface area contributed by atoms with E-state index in [0.717, 1.165) is 24.3 Å². The van der Waals surface area contributed by atoms with Crippen molar-refractivity contribution in [2.24, 2.45) is 0 Å². The first-order valence-electron chi connectivity index (χ1n) is 23.5. The van der Waals surface area contributed by atoms with Crippen LogP contribution in [0.5, 0.6) is 0 Å². The number of hydrogen-bond donors (Lipinski definition) is 4. The standard InChI is InChI=1S/2C26H24Cl2F3N5O/c2*1-14-13-35(24-21(28)9-17(12-32-24)15(2)37)7-8-36(14)25-33-22-11-18(26(29,30)31)10-20(23(22)34-25)16-3-5-19(27)6-4-16/h2*3-6,9-12,14-15,37H,7-8,13H2,1-2H3,(H,33,34)/t14-,15+;14-,15-/m11/s1. The van der Waals surface area contributed by atoms with Crippen molar-refractivity contribution in [3.05, 3.63) is 140 Å². The number of aromatic amines is 2. The average molecular weight is 1100 g/mol. The van der Waals surface area contributed by atoms with Gasteiger partial charge in [0.15, 0.2) is 0 Å². The van der Waals surface area contributed by atoms with Crippen LogP contribution in [0.2, 0.25) is 20.1 Å². The summed E-state index contributed by atoms with van der Waals surface area (Å²) in [5.41, 5.74) is 3.25. The number of hydrogen-bond acceptors (Lipinski definition) is 10. The first-order chi connectivity index (χ1) is 35.0. The van der Waals surface area contributed by atoms with Crippen molar-refractivity contribution in [3.63, 3.8) is 0 Å². The van der Waals surface area contributed by atoms with Gasteiger partial charge >= 0.3 is 12.4 Å². The lowest BCUT2D eigenvalue weighted by Crippen LogP contribution is -2.52. The van der Waals surface area contributed by atoms with Crippen LogP contribution in [0.15, 0.2) is 97.3 Å². The molecule has 388 valence electrons. The number of H-pyrrole nitrogens is 2. The molecule has 0 bridgehead atoms. The Morgan fingerprint density at radius 2 is 0.919 bits per heavy atom. The number of rotatable bonds is 8. The van der Waals surface area contributed by atoms with Crippen molar-refractivity contribution in [2.45, 2.75) is 64.3 Å². The van der Waals surface area contributed by atoms with Crippen molar-refractivity contribution >= 4 is 92.0 Å². The molecule has 2 saturated heterocycles. The summed E-state index contributed by atoms with van der Waals surface area (Å²) >= 11 is 24.9. The Labute approximate surface area is 441 Å². The molecule has 6 heterocycles. The number of aliphatic hydroxyl groups excluding tert-OH is 2. The molecule has 0 unspecified atom stereocenters. The van der Waals surface area contributed by atoms with Crippen molar-refractivity contribution in [1.82, 2.24) is 29.9 Å². The summed E-state index contributed by atoms with van der Waals surface area (Å²) in [5, 5.41) is 21.5. The Morgan fingerprint density at radius 3 is 1.23 bits per heavy atom. The predicted octanol–water partition coefficient (Wildman–Crippen LogP) is 13.4. The largest absolute Gasteiger partial charge is 0.416 e. The average Bonchev–Trinajstić information content (AvgIpc) is 3.99. The second-order valence-corrected chi connectivity index (χ2v) is 20.1. The SMILES string of the molecule is C[C@@H]1CN(c2ncc([C@@H](C)O)cc2Cl)CCN1c1nc2c(-c3ccc(Cl)cc3)cc(C(F)(F)F)cc2[nH]1.C[C@H](O)c1cnc(N2CCN(c3nc4c(-c5ccc(Cl)cc5)cc(C(F)(F)F)cc4[nH]3)[C@H](C)C2)c(Cl)c1. The zero-order valence-corrected chi connectivity index (χ0v) is 43.1. The highest BCUT2D eigenvalue weighted by molar-refractivity contribution is 6.33. The predicted molar refractivity (Wildman–Crippen MR) is 281 cm³/mol. The maximum Gasteiger partial charge on any atom is 0.416 e. The molecule has 2 fully saturated rings. The van der Waals surface area contributed by atoms with Crippen LogP contribution in [-0.2, 0) is 12.4 Å². The van der Waals surface area contributed by atoms with Crippen LogP contribution in [-0.4, -0.2) is 91.5 Å². The highest BCUT2D eigenvalue weighted by atomic mass is 35.5. The van der Waals surface area contributed by atoms with Gasteiger partial charge in [-0.25, -0.2) is 19.9 Å². The van der Waals surface area contributed by atoms with Gasteiger partial charge in [0.2, 0.25) is 11.9 Å². The van der Waals surface area contributed by atoms with E-state index in [2.05, 4.69) is 29.7 Å². The number of piperazine rings is 2. The van der Waals surface area contributed by atoms with E-state index in [-0.39, 0.29) is 12.1 Å². The van der Waals surface area contributed by atoms with Crippen molar-refractivity contribution in [3.8, 4) is 22.3 Å². The van der Waals surface area contributed by atoms with Gasteiger partial charge in [0.25, 0.3) is 0 Å². The Bertz CT molecular complexity index is 3100. The number of alkyl halides is 6. The molecule has 8 aromatic rings. The fourth-order valence-electron chi connectivity index (χ4n) is 9.25. The van der Waals surface area contributed by atoms with Crippen LogP contribution in [0, 0.1) is 0 Å². The fourth-order valence-corrected chi connectivity index (χ4v) is 10.1. The van der Waals surface area contributed by atoms with E-state index < -0.39 is 35.7 Å². The molecular weight excluding hydrogens is 1050 g/mol. The number of pyridine rings is 2. The van der Waals surface area contributed by atoms with Crippen LogP contribution in [0.3, 0.4) is 0 Å². The van der Waals surface area contributed by atoms with Crippen molar-refractivity contribution < 1.29 is 36.6 Å². The summed E-state index contributed by atoms with van der Waals surface area (Å²) in [6.07, 6.45) is -7.13. The summed E-state index contributed by atoms with van der Waals surface area (Å²) in [4.78, 5) is 32.8. The van der Waals surface area contributed by atoms with Gasteiger partial charge in [-0.15, -0.1) is 0 Å². The van der Waals surface area contributed by atoms with Crippen LogP contribution in [0.1, 0.15) is 62.2 Å². The van der Waals surface area contributed by atoms with Gasteiger partial charge in [-0.2, -0.15) is 26.3 Å². The first kappa shape index (κ1) is 52.8. The number of imidazole rings is 2. The molecule has 10 rings (SSSR count). The maximum atomic E-state index is 13.7. The second kappa shape index (κ2) is 20.9. The summed E-state index contributed by atoms with van der Waals surface area (Å²) < 4.78 is 82.2. The molecule has 74 heavy (non-hydrogen) atoms. The summed E-state index contributed by atoms with van der Waals surface area (Å²) in [5.74, 6) is 2.25.